The molecule has 1 N–H and O–H groups in total. The van der Waals surface area contributed by atoms with E-state index in [0.29, 0.717) is 35.8 Å². The Labute approximate surface area is 296 Å². The van der Waals surface area contributed by atoms with Crippen molar-refractivity contribution >= 4 is 47.7 Å². The third kappa shape index (κ3) is 7.43. The fourth-order valence-corrected chi connectivity index (χ4v) is 9.46. The van der Waals surface area contributed by atoms with Gasteiger partial charge in [-0.3, -0.25) is 38.3 Å². The van der Waals surface area contributed by atoms with Crippen LogP contribution in [0, 0.1) is 11.8 Å². The van der Waals surface area contributed by atoms with Crippen molar-refractivity contribution in [2.75, 3.05) is 12.8 Å². The smallest absolute Gasteiger partial charge is 0.310 e. The fourth-order valence-electron chi connectivity index (χ4n) is 7.20. The number of carbonyl (C=O) groups excluding carboxylic acids is 5. The molecule has 0 saturated carbocycles. The summed E-state index contributed by atoms with van der Waals surface area (Å²) in [6.07, 6.45) is 0.954. The molecule has 2 aliphatic rings. The van der Waals surface area contributed by atoms with Crippen molar-refractivity contribution in [1.82, 2.24) is 9.80 Å². The first kappa shape index (κ1) is 35.9. The van der Waals surface area contributed by atoms with Gasteiger partial charge in [0.2, 0.25) is 7.37 Å². The summed E-state index contributed by atoms with van der Waals surface area (Å²) in [4.78, 5) is 81.0. The predicted octanol–water partition coefficient (Wildman–Crippen LogP) is 7.29. The zero-order valence-electron chi connectivity index (χ0n) is 28.7. The highest BCUT2D eigenvalue weighted by molar-refractivity contribution is 7.58. The van der Waals surface area contributed by atoms with Crippen LogP contribution in [0.1, 0.15) is 92.9 Å². The molecule has 3 unspecified atom stereocenters. The van der Waals surface area contributed by atoms with E-state index in [9.17, 15) is 33.4 Å². The molecule has 0 aromatic heterocycles. The van der Waals surface area contributed by atoms with Crippen molar-refractivity contribution < 1.29 is 38.2 Å². The molecule has 4 aromatic carbocycles. The lowest BCUT2D eigenvalue weighted by molar-refractivity contribution is -0.150. The Balaban J connectivity index is 1.22. The van der Waals surface area contributed by atoms with Crippen LogP contribution < -0.4 is 0 Å². The number of carbonyl (C=O) groups is 5. The normalized spacial score (nSPS) is 16.4. The van der Waals surface area contributed by atoms with Crippen LogP contribution in [0.2, 0.25) is 0 Å². The standard InChI is InChI=1S/C40H41N2O8P/c1-26(2)23-33(40(47)50-24-27-13-5-3-6-14-27)34(21-7-4-10-22-41-36(43)29-17-8-9-18-30(29)37(41)44)51(48,49)25-42-38(45)31-19-11-15-28-16-12-20-32(35(28)31)39(42)46/h3,5-6,8-9,11-20,26,33-34H,4,7,10,21-25H2,1-2H3,(H,48,49). The molecule has 4 aromatic rings. The zero-order chi connectivity index (χ0) is 36.3. The van der Waals surface area contributed by atoms with E-state index >= 15 is 0 Å². The van der Waals surface area contributed by atoms with Crippen molar-refractivity contribution in [3.8, 4) is 0 Å². The lowest BCUT2D eigenvalue weighted by atomic mass is 9.91. The molecule has 264 valence electrons. The molecule has 4 amide bonds. The number of esters is 1. The average Bonchev–Trinajstić information content (AvgIpc) is 3.37. The maximum Gasteiger partial charge on any atom is 0.310 e. The average molecular weight is 709 g/mol. The molecule has 10 nitrogen and oxygen atoms in total. The second-order valence-corrected chi connectivity index (χ2v) is 16.2. The lowest BCUT2D eigenvalue weighted by Gasteiger charge is -2.34. The quantitative estimate of drug-likeness (QED) is 0.0588. The largest absolute Gasteiger partial charge is 0.461 e. The van der Waals surface area contributed by atoms with Crippen molar-refractivity contribution in [1.29, 1.82) is 0 Å². The van der Waals surface area contributed by atoms with E-state index in [1.807, 2.05) is 44.2 Å². The third-order valence-electron chi connectivity index (χ3n) is 9.69. The maximum absolute atomic E-state index is 14.6. The number of hydrogen-bond acceptors (Lipinski definition) is 7. The minimum Gasteiger partial charge on any atom is -0.461 e. The van der Waals surface area contributed by atoms with Gasteiger partial charge in [0, 0.05) is 23.1 Å². The van der Waals surface area contributed by atoms with Crippen molar-refractivity contribution in [3.63, 3.8) is 0 Å². The molecule has 6 rings (SSSR count). The summed E-state index contributed by atoms with van der Waals surface area (Å²) < 4.78 is 20.4. The Kier molecular flexibility index (Phi) is 10.6. The van der Waals surface area contributed by atoms with E-state index in [0.717, 1.165) is 15.8 Å². The van der Waals surface area contributed by atoms with E-state index in [4.69, 9.17) is 4.74 Å². The highest BCUT2D eigenvalue weighted by Crippen LogP contribution is 2.54. The number of hydrogen-bond donors (Lipinski definition) is 1. The monoisotopic (exact) mass is 708 g/mol. The van der Waals surface area contributed by atoms with Gasteiger partial charge >= 0.3 is 5.97 Å². The van der Waals surface area contributed by atoms with Crippen LogP contribution in [-0.2, 0) is 20.7 Å². The number of nitrogens with zero attached hydrogens (tertiary/aromatic N) is 2. The molecule has 11 heteroatoms. The van der Waals surface area contributed by atoms with Gasteiger partial charge in [-0.05, 0) is 60.4 Å². The molecule has 0 saturated heterocycles. The highest BCUT2D eigenvalue weighted by atomic mass is 31.2. The summed E-state index contributed by atoms with van der Waals surface area (Å²) >= 11 is 0. The summed E-state index contributed by atoms with van der Waals surface area (Å²) in [5.41, 5.74) is 0.922. The van der Waals surface area contributed by atoms with Crippen molar-refractivity contribution in [3.05, 3.63) is 119 Å². The molecule has 0 fully saturated rings. The van der Waals surface area contributed by atoms with E-state index in [2.05, 4.69) is 0 Å². The maximum atomic E-state index is 14.6. The van der Waals surface area contributed by atoms with Gasteiger partial charge in [-0.2, -0.15) is 0 Å². The minimum atomic E-state index is -4.46. The SMILES string of the molecule is CC(C)CC(C(=O)OCc1ccccc1)C(CCCCCN1C(=O)c2ccccc2C1=O)P(=O)(O)CN1C(=O)c2cccc3cccc(c23)C1=O. The Hall–Kier alpha value is -4.92. The number of unbranched alkanes of at least 4 members (excludes halogenated alkanes) is 2. The molecular formula is C40H41N2O8P. The summed E-state index contributed by atoms with van der Waals surface area (Å²) in [7, 11) is -4.46. The van der Waals surface area contributed by atoms with E-state index < -0.39 is 43.0 Å². The Morgan fingerprint density at radius 1 is 0.706 bits per heavy atom. The van der Waals surface area contributed by atoms with Crippen molar-refractivity contribution in [2.45, 2.75) is 58.2 Å². The number of fused-ring (bicyclic) bond motifs is 1. The predicted molar refractivity (Wildman–Crippen MR) is 192 cm³/mol. The molecule has 0 spiro atoms. The summed E-state index contributed by atoms with van der Waals surface area (Å²) in [6, 6.07) is 26.0. The first-order chi connectivity index (χ1) is 24.5. The molecule has 0 radical (unpaired) electrons. The van der Waals surface area contributed by atoms with Crippen LogP contribution in [0.4, 0.5) is 0 Å². The van der Waals surface area contributed by atoms with Crippen LogP contribution >= 0.6 is 7.37 Å². The van der Waals surface area contributed by atoms with Crippen LogP contribution in [0.5, 0.6) is 0 Å². The topological polar surface area (TPSA) is 138 Å². The molecular weight excluding hydrogens is 667 g/mol. The minimum absolute atomic E-state index is 0.0130. The molecule has 0 aliphatic carbocycles. The summed E-state index contributed by atoms with van der Waals surface area (Å²) in [5.74, 6) is -3.68. The fraction of sp³-hybridized carbons (Fsp3) is 0.325. The second kappa shape index (κ2) is 15.1. The first-order valence-electron chi connectivity index (χ1n) is 17.3. The van der Waals surface area contributed by atoms with Crippen molar-refractivity contribution in [2.24, 2.45) is 11.8 Å². The van der Waals surface area contributed by atoms with E-state index in [1.54, 1.807) is 60.7 Å². The van der Waals surface area contributed by atoms with Gasteiger partial charge in [0.05, 0.1) is 22.7 Å². The molecule has 2 aliphatic heterocycles. The Morgan fingerprint density at radius 2 is 1.25 bits per heavy atom. The van der Waals surface area contributed by atoms with Crippen LogP contribution in [0.15, 0.2) is 91.0 Å². The van der Waals surface area contributed by atoms with Gasteiger partial charge in [-0.25, -0.2) is 0 Å². The Morgan fingerprint density at radius 3 is 1.84 bits per heavy atom. The zero-order valence-corrected chi connectivity index (χ0v) is 29.6. The van der Waals surface area contributed by atoms with Gasteiger partial charge in [0.25, 0.3) is 23.6 Å². The highest BCUT2D eigenvalue weighted by Gasteiger charge is 2.46. The van der Waals surface area contributed by atoms with Gasteiger partial charge in [-0.1, -0.05) is 93.4 Å². The molecule has 2 heterocycles. The number of amides is 4. The van der Waals surface area contributed by atoms with Crippen LogP contribution in [0.3, 0.4) is 0 Å². The first-order valence-corrected chi connectivity index (χ1v) is 19.2. The third-order valence-corrected chi connectivity index (χ3v) is 12.0. The van der Waals surface area contributed by atoms with Gasteiger partial charge in [0.15, 0.2) is 0 Å². The van der Waals surface area contributed by atoms with Gasteiger partial charge < -0.3 is 9.63 Å². The summed E-state index contributed by atoms with van der Waals surface area (Å²) in [6.45, 7) is 3.99. The number of rotatable bonds is 15. The molecule has 3 atom stereocenters. The number of benzene rings is 4. The second-order valence-electron chi connectivity index (χ2n) is 13.7. The van der Waals surface area contributed by atoms with Gasteiger partial charge in [0.1, 0.15) is 12.9 Å². The lowest BCUT2D eigenvalue weighted by Crippen LogP contribution is -2.43. The number of imide groups is 2. The van der Waals surface area contributed by atoms with Gasteiger partial charge in [-0.15, -0.1) is 0 Å². The molecule has 51 heavy (non-hydrogen) atoms. The van der Waals surface area contributed by atoms with E-state index in [-0.39, 0.29) is 54.9 Å². The van der Waals surface area contributed by atoms with Crippen LogP contribution in [-0.4, -0.2) is 62.8 Å². The van der Waals surface area contributed by atoms with E-state index in [1.165, 1.54) is 4.90 Å². The molecule has 0 bridgehead atoms. The summed E-state index contributed by atoms with van der Waals surface area (Å²) in [5, 5.41) is 1.23. The number of ether oxygens (including phenoxy) is 1. The van der Waals surface area contributed by atoms with Crippen LogP contribution in [0.25, 0.3) is 10.8 Å². The Bertz CT molecular complexity index is 1960.